The molecule has 1 fully saturated rings. The number of rotatable bonds is 5. The van der Waals surface area contributed by atoms with Gasteiger partial charge in [-0.25, -0.2) is 13.4 Å². The Labute approximate surface area is 147 Å². The highest BCUT2D eigenvalue weighted by Crippen LogP contribution is 2.22. The fourth-order valence-corrected chi connectivity index (χ4v) is 4.19. The van der Waals surface area contributed by atoms with Gasteiger partial charge in [-0.15, -0.1) is 0 Å². The Kier molecular flexibility index (Phi) is 5.26. The van der Waals surface area contributed by atoms with Gasteiger partial charge in [0.25, 0.3) is 10.0 Å². The zero-order valence-electron chi connectivity index (χ0n) is 13.2. The van der Waals surface area contributed by atoms with Gasteiger partial charge in [0.2, 0.25) is 0 Å². The van der Waals surface area contributed by atoms with Crippen LogP contribution in [0.2, 0.25) is 5.02 Å². The molecular formula is C17H20ClN3O2S. The topological polar surface area (TPSA) is 71.1 Å². The fourth-order valence-electron chi connectivity index (χ4n) is 2.84. The second-order valence-corrected chi connectivity index (χ2v) is 8.09. The van der Waals surface area contributed by atoms with Gasteiger partial charge >= 0.3 is 0 Å². The van der Waals surface area contributed by atoms with Crippen LogP contribution in [0.25, 0.3) is 0 Å². The van der Waals surface area contributed by atoms with Crippen molar-refractivity contribution in [2.24, 2.45) is 0 Å². The number of pyridine rings is 1. The Morgan fingerprint density at radius 1 is 1.08 bits per heavy atom. The molecule has 1 saturated carbocycles. The molecule has 7 heteroatoms. The summed E-state index contributed by atoms with van der Waals surface area (Å²) in [5.74, 6) is 0.771. The van der Waals surface area contributed by atoms with Crippen molar-refractivity contribution >= 4 is 33.1 Å². The van der Waals surface area contributed by atoms with Gasteiger partial charge in [0.05, 0.1) is 16.8 Å². The third-order valence-electron chi connectivity index (χ3n) is 4.08. The summed E-state index contributed by atoms with van der Waals surface area (Å²) in [6.07, 6.45) is 7.63. The first-order valence-electron chi connectivity index (χ1n) is 8.04. The molecule has 1 aromatic carbocycles. The van der Waals surface area contributed by atoms with Crippen molar-refractivity contribution in [1.29, 1.82) is 0 Å². The standard InChI is InChI=1S/C17H20ClN3O2S/c18-13-5-4-8-16(11-13)24(22,23)21-15-9-10-17(19-12-15)20-14-6-2-1-3-7-14/h4-5,8-12,14,21H,1-3,6-7H2,(H,19,20). The van der Waals surface area contributed by atoms with E-state index >= 15 is 0 Å². The lowest BCUT2D eigenvalue weighted by Crippen LogP contribution is -2.22. The van der Waals surface area contributed by atoms with Gasteiger partial charge in [-0.2, -0.15) is 0 Å². The minimum atomic E-state index is -3.67. The van der Waals surface area contributed by atoms with E-state index in [4.69, 9.17) is 11.6 Å². The number of anilines is 2. The number of nitrogens with one attached hydrogen (secondary N) is 2. The lowest BCUT2D eigenvalue weighted by Gasteiger charge is -2.23. The fraction of sp³-hybridized carbons (Fsp3) is 0.353. The summed E-state index contributed by atoms with van der Waals surface area (Å²) in [6, 6.07) is 10.1. The van der Waals surface area contributed by atoms with E-state index in [9.17, 15) is 8.42 Å². The van der Waals surface area contributed by atoms with Gasteiger partial charge in [-0.1, -0.05) is 36.9 Å². The Morgan fingerprint density at radius 2 is 1.88 bits per heavy atom. The van der Waals surface area contributed by atoms with Crippen LogP contribution in [-0.2, 0) is 10.0 Å². The molecule has 0 atom stereocenters. The summed E-state index contributed by atoms with van der Waals surface area (Å²) < 4.78 is 27.2. The smallest absolute Gasteiger partial charge is 0.261 e. The molecule has 1 heterocycles. The van der Waals surface area contributed by atoms with Gasteiger partial charge in [0.1, 0.15) is 5.82 Å². The van der Waals surface area contributed by atoms with E-state index in [0.717, 1.165) is 18.7 Å². The molecule has 128 valence electrons. The van der Waals surface area contributed by atoms with Crippen LogP contribution >= 0.6 is 11.6 Å². The molecule has 0 bridgehead atoms. The van der Waals surface area contributed by atoms with Crippen LogP contribution in [0.15, 0.2) is 47.5 Å². The molecule has 0 amide bonds. The highest BCUT2D eigenvalue weighted by atomic mass is 35.5. The van der Waals surface area contributed by atoms with Crippen LogP contribution in [-0.4, -0.2) is 19.4 Å². The van der Waals surface area contributed by atoms with Crippen LogP contribution in [0.3, 0.4) is 0 Å². The number of aromatic nitrogens is 1. The van der Waals surface area contributed by atoms with Crippen LogP contribution in [0.5, 0.6) is 0 Å². The quantitative estimate of drug-likeness (QED) is 0.829. The lowest BCUT2D eigenvalue weighted by atomic mass is 9.95. The molecule has 0 radical (unpaired) electrons. The Bertz CT molecular complexity index is 788. The third-order valence-corrected chi connectivity index (χ3v) is 5.69. The predicted octanol–water partition coefficient (Wildman–Crippen LogP) is 4.28. The number of benzene rings is 1. The average molecular weight is 366 g/mol. The average Bonchev–Trinajstić information content (AvgIpc) is 2.57. The Balaban J connectivity index is 1.67. The largest absolute Gasteiger partial charge is 0.367 e. The molecule has 24 heavy (non-hydrogen) atoms. The van der Waals surface area contributed by atoms with Crippen LogP contribution in [0.4, 0.5) is 11.5 Å². The molecule has 1 aromatic heterocycles. The van der Waals surface area contributed by atoms with Gasteiger partial charge < -0.3 is 5.32 Å². The van der Waals surface area contributed by atoms with Crippen molar-refractivity contribution in [3.8, 4) is 0 Å². The highest BCUT2D eigenvalue weighted by Gasteiger charge is 2.16. The van der Waals surface area contributed by atoms with E-state index in [2.05, 4.69) is 15.0 Å². The summed E-state index contributed by atoms with van der Waals surface area (Å²) in [6.45, 7) is 0. The molecule has 0 unspecified atom stereocenters. The zero-order chi connectivity index (χ0) is 17.0. The van der Waals surface area contributed by atoms with Crippen LogP contribution in [0.1, 0.15) is 32.1 Å². The van der Waals surface area contributed by atoms with Crippen molar-refractivity contribution in [3.63, 3.8) is 0 Å². The summed E-state index contributed by atoms with van der Waals surface area (Å²) in [5.41, 5.74) is 0.421. The van der Waals surface area contributed by atoms with Gasteiger partial charge in [-0.3, -0.25) is 4.72 Å². The molecule has 2 aromatic rings. The SMILES string of the molecule is O=S(=O)(Nc1ccc(NC2CCCCC2)nc1)c1cccc(Cl)c1. The number of sulfonamides is 1. The minimum Gasteiger partial charge on any atom is -0.367 e. The Hall–Kier alpha value is -1.79. The number of hydrogen-bond acceptors (Lipinski definition) is 4. The maximum Gasteiger partial charge on any atom is 0.261 e. The van der Waals surface area contributed by atoms with Crippen molar-refractivity contribution in [3.05, 3.63) is 47.6 Å². The molecule has 3 rings (SSSR count). The zero-order valence-corrected chi connectivity index (χ0v) is 14.8. The molecule has 1 aliphatic rings. The molecule has 1 aliphatic carbocycles. The highest BCUT2D eigenvalue weighted by molar-refractivity contribution is 7.92. The number of nitrogens with zero attached hydrogens (tertiary/aromatic N) is 1. The first kappa shape index (κ1) is 17.0. The van der Waals surface area contributed by atoms with Crippen molar-refractivity contribution in [1.82, 2.24) is 4.98 Å². The van der Waals surface area contributed by atoms with Gasteiger partial charge in [0.15, 0.2) is 0 Å². The van der Waals surface area contributed by atoms with E-state index < -0.39 is 10.0 Å². The first-order chi connectivity index (χ1) is 11.5. The van der Waals surface area contributed by atoms with E-state index in [0.29, 0.717) is 16.8 Å². The van der Waals surface area contributed by atoms with Crippen molar-refractivity contribution in [2.45, 2.75) is 43.0 Å². The third kappa shape index (κ3) is 4.39. The normalized spacial score (nSPS) is 15.9. The van der Waals surface area contributed by atoms with Crippen molar-refractivity contribution < 1.29 is 8.42 Å². The molecule has 2 N–H and O–H groups in total. The van der Waals surface area contributed by atoms with Crippen molar-refractivity contribution in [2.75, 3.05) is 10.0 Å². The van der Waals surface area contributed by atoms with E-state index in [1.165, 1.54) is 37.6 Å². The molecule has 0 aliphatic heterocycles. The van der Waals surface area contributed by atoms with Crippen LogP contribution in [0, 0.1) is 0 Å². The first-order valence-corrected chi connectivity index (χ1v) is 9.90. The maximum atomic E-state index is 12.3. The number of halogens is 1. The molecule has 5 nitrogen and oxygen atoms in total. The molecule has 0 saturated heterocycles. The van der Waals surface area contributed by atoms with Gasteiger partial charge in [0, 0.05) is 11.1 Å². The molecule has 0 spiro atoms. The second-order valence-electron chi connectivity index (χ2n) is 5.97. The maximum absolute atomic E-state index is 12.3. The summed E-state index contributed by atoms with van der Waals surface area (Å²) in [4.78, 5) is 4.43. The summed E-state index contributed by atoms with van der Waals surface area (Å²) in [5, 5.41) is 3.78. The number of hydrogen-bond donors (Lipinski definition) is 2. The summed E-state index contributed by atoms with van der Waals surface area (Å²) >= 11 is 5.85. The second kappa shape index (κ2) is 7.40. The van der Waals surface area contributed by atoms with E-state index in [1.807, 2.05) is 0 Å². The predicted molar refractivity (Wildman–Crippen MR) is 97.0 cm³/mol. The van der Waals surface area contributed by atoms with Crippen LogP contribution < -0.4 is 10.0 Å². The Morgan fingerprint density at radius 3 is 2.54 bits per heavy atom. The van der Waals surface area contributed by atoms with Gasteiger partial charge in [-0.05, 0) is 43.2 Å². The monoisotopic (exact) mass is 365 g/mol. The summed E-state index contributed by atoms with van der Waals surface area (Å²) in [7, 11) is -3.67. The minimum absolute atomic E-state index is 0.124. The van der Waals surface area contributed by atoms with E-state index in [1.54, 1.807) is 24.3 Å². The molecular weight excluding hydrogens is 346 g/mol. The van der Waals surface area contributed by atoms with E-state index in [-0.39, 0.29) is 4.90 Å². The lowest BCUT2D eigenvalue weighted by molar-refractivity contribution is 0.462.